The fourth-order valence-corrected chi connectivity index (χ4v) is 2.97. The van der Waals surface area contributed by atoms with Crippen LogP contribution in [0.2, 0.25) is 10.0 Å². The Balaban J connectivity index is 1.99. The predicted molar refractivity (Wildman–Crippen MR) is 95.0 cm³/mol. The van der Waals surface area contributed by atoms with Crippen LogP contribution in [0.25, 0.3) is 10.8 Å². The average Bonchev–Trinajstić information content (AvgIpc) is 2.59. The summed E-state index contributed by atoms with van der Waals surface area (Å²) < 4.78 is 5.57. The van der Waals surface area contributed by atoms with Gasteiger partial charge in [0.05, 0.1) is 10.6 Å². The van der Waals surface area contributed by atoms with Gasteiger partial charge in [-0.05, 0) is 41.8 Å². The quantitative estimate of drug-likeness (QED) is 0.664. The minimum Gasteiger partial charge on any atom is -0.485 e. The highest BCUT2D eigenvalue weighted by molar-refractivity contribution is 6.39. The van der Waals surface area contributed by atoms with Crippen molar-refractivity contribution >= 4 is 45.7 Å². The molecule has 2 aromatic carbocycles. The Hall–Kier alpha value is -2.63. The van der Waals surface area contributed by atoms with Crippen LogP contribution in [0.4, 0.5) is 0 Å². The Bertz CT molecular complexity index is 974. The van der Waals surface area contributed by atoms with E-state index in [0.717, 1.165) is 0 Å². The number of carbonyl (C=O) groups excluding carboxylic acids is 1. The number of nitrogens with zero attached hydrogens (tertiary/aromatic N) is 1. The van der Waals surface area contributed by atoms with Crippen LogP contribution < -0.4 is 4.74 Å². The van der Waals surface area contributed by atoms with E-state index in [1.807, 2.05) is 0 Å². The zero-order chi connectivity index (χ0) is 18.0. The summed E-state index contributed by atoms with van der Waals surface area (Å²) in [5, 5.41) is 10.9. The number of halogens is 2. The summed E-state index contributed by atoms with van der Waals surface area (Å²) in [5.74, 6) is -1.26. The molecule has 5 nitrogen and oxygen atoms in total. The third-order valence-electron chi connectivity index (χ3n) is 3.49. The van der Waals surface area contributed by atoms with Crippen molar-refractivity contribution in [2.24, 2.45) is 0 Å². The molecule has 1 N–H and O–H groups in total. The maximum Gasteiger partial charge on any atom is 0.335 e. The summed E-state index contributed by atoms with van der Waals surface area (Å²) in [4.78, 5) is 27.4. The second kappa shape index (κ2) is 7.09. The Kier molecular flexibility index (Phi) is 4.88. The standard InChI is InChI=1S/C18H11Cl2NO4/c19-12-6-10-5-11(18(23)24)7-16(17(10)13(20)8-12)25-9-15(22)14-3-1-2-4-21-14/h1-8H,9H2,(H,23,24). The molecule has 0 unspecified atom stereocenters. The van der Waals surface area contributed by atoms with Crippen molar-refractivity contribution in [1.82, 2.24) is 4.98 Å². The van der Waals surface area contributed by atoms with E-state index in [9.17, 15) is 14.7 Å². The predicted octanol–water partition coefficient (Wildman–Crippen LogP) is 4.50. The maximum atomic E-state index is 12.2. The van der Waals surface area contributed by atoms with E-state index in [0.29, 0.717) is 20.8 Å². The zero-order valence-electron chi connectivity index (χ0n) is 12.7. The third kappa shape index (κ3) is 3.73. The molecule has 3 rings (SSSR count). The molecule has 1 aromatic heterocycles. The van der Waals surface area contributed by atoms with Crippen molar-refractivity contribution in [1.29, 1.82) is 0 Å². The molecular weight excluding hydrogens is 365 g/mol. The lowest BCUT2D eigenvalue weighted by molar-refractivity contribution is 0.0696. The van der Waals surface area contributed by atoms with Gasteiger partial charge < -0.3 is 9.84 Å². The molecule has 3 aromatic rings. The highest BCUT2D eigenvalue weighted by atomic mass is 35.5. The molecule has 0 amide bonds. The van der Waals surface area contributed by atoms with E-state index in [1.165, 1.54) is 24.4 Å². The number of carbonyl (C=O) groups is 2. The van der Waals surface area contributed by atoms with E-state index in [-0.39, 0.29) is 29.4 Å². The monoisotopic (exact) mass is 375 g/mol. The molecule has 0 fully saturated rings. The average molecular weight is 376 g/mol. The lowest BCUT2D eigenvalue weighted by atomic mass is 10.1. The van der Waals surface area contributed by atoms with Gasteiger partial charge in [-0.3, -0.25) is 9.78 Å². The third-order valence-corrected chi connectivity index (χ3v) is 4.00. The Morgan fingerprint density at radius 3 is 2.60 bits per heavy atom. The van der Waals surface area contributed by atoms with Gasteiger partial charge in [-0.25, -0.2) is 4.79 Å². The van der Waals surface area contributed by atoms with Crippen LogP contribution in [0, 0.1) is 0 Å². The van der Waals surface area contributed by atoms with Gasteiger partial charge in [0.2, 0.25) is 5.78 Å². The van der Waals surface area contributed by atoms with Crippen molar-refractivity contribution < 1.29 is 19.4 Å². The number of hydrogen-bond donors (Lipinski definition) is 1. The Labute approximate surface area is 152 Å². The summed E-state index contributed by atoms with van der Waals surface area (Å²) in [6.45, 7) is -0.297. The lowest BCUT2D eigenvalue weighted by Gasteiger charge is -2.12. The summed E-state index contributed by atoms with van der Waals surface area (Å²) in [6, 6.07) is 10.9. The van der Waals surface area contributed by atoms with Crippen LogP contribution in [0.1, 0.15) is 20.8 Å². The Morgan fingerprint density at radius 2 is 1.92 bits per heavy atom. The van der Waals surface area contributed by atoms with Gasteiger partial charge in [0.25, 0.3) is 0 Å². The van der Waals surface area contributed by atoms with Crippen LogP contribution in [-0.4, -0.2) is 28.4 Å². The number of carboxylic acids is 1. The first-order chi connectivity index (χ1) is 12.0. The second-order valence-corrected chi connectivity index (χ2v) is 6.04. The minimum absolute atomic E-state index is 0.00567. The molecule has 0 spiro atoms. The maximum absolute atomic E-state index is 12.2. The fraction of sp³-hybridized carbons (Fsp3) is 0.0556. The van der Waals surface area contributed by atoms with Crippen molar-refractivity contribution in [3.8, 4) is 5.75 Å². The first-order valence-corrected chi connectivity index (χ1v) is 7.94. The molecule has 1 heterocycles. The van der Waals surface area contributed by atoms with Gasteiger partial charge in [-0.15, -0.1) is 0 Å². The molecule has 7 heteroatoms. The molecule has 0 aliphatic carbocycles. The number of pyridine rings is 1. The van der Waals surface area contributed by atoms with E-state index in [1.54, 1.807) is 24.3 Å². The van der Waals surface area contributed by atoms with Crippen LogP contribution in [-0.2, 0) is 0 Å². The van der Waals surface area contributed by atoms with Gasteiger partial charge in [-0.2, -0.15) is 0 Å². The highest BCUT2D eigenvalue weighted by Crippen LogP contribution is 2.36. The number of benzene rings is 2. The molecule has 126 valence electrons. The first kappa shape index (κ1) is 17.2. The van der Waals surface area contributed by atoms with Crippen molar-refractivity contribution in [3.63, 3.8) is 0 Å². The number of Topliss-reactive ketones (excluding diaryl/α,β-unsaturated/α-hetero) is 1. The number of aromatic carboxylic acids is 1. The van der Waals surface area contributed by atoms with Crippen molar-refractivity contribution in [2.75, 3.05) is 6.61 Å². The van der Waals surface area contributed by atoms with Crippen molar-refractivity contribution in [2.45, 2.75) is 0 Å². The van der Waals surface area contributed by atoms with Crippen LogP contribution >= 0.6 is 23.2 Å². The van der Waals surface area contributed by atoms with Crippen LogP contribution in [0.5, 0.6) is 5.75 Å². The number of rotatable bonds is 5. The van der Waals surface area contributed by atoms with Gasteiger partial charge in [0.1, 0.15) is 11.4 Å². The molecule has 0 radical (unpaired) electrons. The number of aromatic nitrogens is 1. The van der Waals surface area contributed by atoms with Gasteiger partial charge in [0.15, 0.2) is 6.61 Å². The largest absolute Gasteiger partial charge is 0.485 e. The summed E-state index contributed by atoms with van der Waals surface area (Å²) in [5.41, 5.74) is 0.265. The fourth-order valence-electron chi connectivity index (χ4n) is 2.37. The molecule has 0 aliphatic rings. The Morgan fingerprint density at radius 1 is 1.12 bits per heavy atom. The number of hydrogen-bond acceptors (Lipinski definition) is 4. The highest BCUT2D eigenvalue weighted by Gasteiger charge is 2.15. The number of fused-ring (bicyclic) bond motifs is 1. The van der Waals surface area contributed by atoms with Crippen LogP contribution in [0.3, 0.4) is 0 Å². The first-order valence-electron chi connectivity index (χ1n) is 7.19. The summed E-state index contributed by atoms with van der Waals surface area (Å²) in [7, 11) is 0. The molecule has 0 saturated carbocycles. The molecular formula is C18H11Cl2NO4. The topological polar surface area (TPSA) is 76.5 Å². The number of ketones is 1. The molecule has 0 saturated heterocycles. The van der Waals surface area contributed by atoms with E-state index < -0.39 is 5.97 Å². The van der Waals surface area contributed by atoms with Gasteiger partial charge in [-0.1, -0.05) is 29.3 Å². The van der Waals surface area contributed by atoms with E-state index in [4.69, 9.17) is 27.9 Å². The molecule has 0 atom stereocenters. The molecule has 0 aliphatic heterocycles. The lowest BCUT2D eigenvalue weighted by Crippen LogP contribution is -2.13. The second-order valence-electron chi connectivity index (χ2n) is 5.19. The zero-order valence-corrected chi connectivity index (χ0v) is 14.2. The summed E-state index contributed by atoms with van der Waals surface area (Å²) in [6.07, 6.45) is 1.51. The smallest absolute Gasteiger partial charge is 0.335 e. The normalized spacial score (nSPS) is 10.6. The SMILES string of the molecule is O=C(O)c1cc(OCC(=O)c2ccccn2)c2c(Cl)cc(Cl)cc2c1. The van der Waals surface area contributed by atoms with E-state index >= 15 is 0 Å². The van der Waals surface area contributed by atoms with Crippen molar-refractivity contribution in [3.05, 3.63) is 70.0 Å². The van der Waals surface area contributed by atoms with Gasteiger partial charge in [0, 0.05) is 16.6 Å². The minimum atomic E-state index is -1.13. The number of ether oxygens (including phenoxy) is 1. The van der Waals surface area contributed by atoms with E-state index in [2.05, 4.69) is 4.98 Å². The van der Waals surface area contributed by atoms with Gasteiger partial charge >= 0.3 is 5.97 Å². The molecule has 0 bridgehead atoms. The van der Waals surface area contributed by atoms with Crippen LogP contribution in [0.15, 0.2) is 48.7 Å². The summed E-state index contributed by atoms with van der Waals surface area (Å²) >= 11 is 12.2. The molecule has 25 heavy (non-hydrogen) atoms. The number of carboxylic acid groups (broad SMARTS) is 1.